The molecule has 0 fully saturated rings. The second-order valence-electron chi connectivity index (χ2n) is 8.94. The number of halogens is 1. The van der Waals surface area contributed by atoms with Gasteiger partial charge in [-0.15, -0.1) is 0 Å². The quantitative estimate of drug-likeness (QED) is 0.247. The predicted molar refractivity (Wildman–Crippen MR) is 151 cm³/mol. The lowest BCUT2D eigenvalue weighted by atomic mass is 10.0. The zero-order chi connectivity index (χ0) is 24.8. The van der Waals surface area contributed by atoms with Gasteiger partial charge in [-0.3, -0.25) is 0 Å². The Morgan fingerprint density at radius 2 is 0.919 bits per heavy atom. The van der Waals surface area contributed by atoms with Crippen LogP contribution in [0.1, 0.15) is 0 Å². The standard InChI is InChI=1S/C32H19ClN4/c33-31-30(34-26-11-5-6-12-27(26)35-31)32-36-28(24-15-13-20-7-1-3-9-22(20)17-24)19-29(37-32)25-16-14-21-8-2-4-10-23(21)18-25/h1-19H. The van der Waals surface area contributed by atoms with Crippen molar-refractivity contribution in [2.24, 2.45) is 0 Å². The molecule has 0 saturated carbocycles. The molecule has 0 amide bonds. The van der Waals surface area contributed by atoms with Crippen LogP contribution in [0.15, 0.2) is 115 Å². The summed E-state index contributed by atoms with van der Waals surface area (Å²) in [6.45, 7) is 0. The second-order valence-corrected chi connectivity index (χ2v) is 9.30. The molecule has 0 saturated heterocycles. The van der Waals surface area contributed by atoms with Crippen LogP contribution in [0, 0.1) is 0 Å². The second kappa shape index (κ2) is 8.77. The highest BCUT2D eigenvalue weighted by molar-refractivity contribution is 6.32. The Hall–Kier alpha value is -4.67. The fraction of sp³-hybridized carbons (Fsp3) is 0. The molecule has 0 N–H and O–H groups in total. The maximum absolute atomic E-state index is 6.64. The SMILES string of the molecule is Clc1nc2ccccc2nc1-c1nc(-c2ccc3ccccc3c2)cc(-c2ccc3ccccc3c2)n1. The van der Waals surface area contributed by atoms with Crippen LogP contribution in [0.4, 0.5) is 0 Å². The lowest BCUT2D eigenvalue weighted by molar-refractivity contribution is 1.14. The largest absolute Gasteiger partial charge is 0.240 e. The average molecular weight is 495 g/mol. The van der Waals surface area contributed by atoms with Gasteiger partial charge in [0.05, 0.1) is 22.4 Å². The van der Waals surface area contributed by atoms with Crippen LogP contribution in [0.3, 0.4) is 0 Å². The monoisotopic (exact) mass is 494 g/mol. The van der Waals surface area contributed by atoms with Crippen molar-refractivity contribution < 1.29 is 0 Å². The van der Waals surface area contributed by atoms with Crippen molar-refractivity contribution in [2.45, 2.75) is 0 Å². The van der Waals surface area contributed by atoms with Gasteiger partial charge < -0.3 is 0 Å². The van der Waals surface area contributed by atoms with Crippen molar-refractivity contribution >= 4 is 44.2 Å². The summed E-state index contributed by atoms with van der Waals surface area (Å²) in [6.07, 6.45) is 0. The van der Waals surface area contributed by atoms with Gasteiger partial charge in [0.25, 0.3) is 0 Å². The first-order chi connectivity index (χ1) is 18.2. The molecule has 37 heavy (non-hydrogen) atoms. The summed E-state index contributed by atoms with van der Waals surface area (Å²) >= 11 is 6.64. The van der Waals surface area contributed by atoms with E-state index < -0.39 is 0 Å². The molecule has 0 spiro atoms. The molecular weight excluding hydrogens is 476 g/mol. The summed E-state index contributed by atoms with van der Waals surface area (Å²) in [5.74, 6) is 0.442. The number of para-hydroxylation sites is 2. The maximum Gasteiger partial charge on any atom is 0.182 e. The van der Waals surface area contributed by atoms with E-state index in [1.54, 1.807) is 0 Å². The van der Waals surface area contributed by atoms with E-state index in [0.29, 0.717) is 11.5 Å². The van der Waals surface area contributed by atoms with Gasteiger partial charge in [-0.25, -0.2) is 19.9 Å². The molecule has 2 heterocycles. The van der Waals surface area contributed by atoms with Crippen LogP contribution in [0.25, 0.3) is 66.6 Å². The Kier molecular flexibility index (Phi) is 5.12. The number of aromatic nitrogens is 4. The van der Waals surface area contributed by atoms with Crippen molar-refractivity contribution in [3.05, 3.63) is 120 Å². The summed E-state index contributed by atoms with van der Waals surface area (Å²) in [6, 6.07) is 39.0. The molecule has 174 valence electrons. The van der Waals surface area contributed by atoms with E-state index in [4.69, 9.17) is 26.6 Å². The molecule has 2 aromatic heterocycles. The predicted octanol–water partition coefficient (Wildman–Crippen LogP) is 8.38. The van der Waals surface area contributed by atoms with Crippen LogP contribution in [0.5, 0.6) is 0 Å². The van der Waals surface area contributed by atoms with Crippen LogP contribution in [-0.4, -0.2) is 19.9 Å². The van der Waals surface area contributed by atoms with Gasteiger partial charge in [0.15, 0.2) is 11.0 Å². The summed E-state index contributed by atoms with van der Waals surface area (Å²) in [5.41, 5.74) is 5.52. The normalized spacial score (nSPS) is 11.4. The molecule has 7 rings (SSSR count). The molecular formula is C32H19ClN4. The van der Waals surface area contributed by atoms with Crippen molar-refractivity contribution in [1.29, 1.82) is 0 Å². The third-order valence-corrected chi connectivity index (χ3v) is 6.82. The highest BCUT2D eigenvalue weighted by Crippen LogP contribution is 2.32. The Morgan fingerprint density at radius 1 is 0.432 bits per heavy atom. The Balaban J connectivity index is 1.47. The van der Waals surface area contributed by atoms with E-state index in [1.165, 1.54) is 10.8 Å². The van der Waals surface area contributed by atoms with Crippen LogP contribution >= 0.6 is 11.6 Å². The van der Waals surface area contributed by atoms with E-state index in [2.05, 4.69) is 65.6 Å². The van der Waals surface area contributed by atoms with Gasteiger partial charge in [-0.2, -0.15) is 0 Å². The molecule has 0 atom stereocenters. The van der Waals surface area contributed by atoms with Crippen molar-refractivity contribution in [2.75, 3.05) is 0 Å². The molecule has 0 radical (unpaired) electrons. The van der Waals surface area contributed by atoms with E-state index >= 15 is 0 Å². The van der Waals surface area contributed by atoms with Gasteiger partial charge >= 0.3 is 0 Å². The average Bonchev–Trinajstić information content (AvgIpc) is 2.96. The highest BCUT2D eigenvalue weighted by Gasteiger charge is 2.16. The van der Waals surface area contributed by atoms with E-state index in [0.717, 1.165) is 44.3 Å². The van der Waals surface area contributed by atoms with E-state index in [1.807, 2.05) is 54.6 Å². The smallest absolute Gasteiger partial charge is 0.182 e. The first-order valence-corrected chi connectivity index (χ1v) is 12.4. The minimum Gasteiger partial charge on any atom is -0.240 e. The molecule has 0 bridgehead atoms. The first kappa shape index (κ1) is 21.6. The summed E-state index contributed by atoms with van der Waals surface area (Å²) in [7, 11) is 0. The minimum absolute atomic E-state index is 0.277. The maximum atomic E-state index is 6.64. The zero-order valence-corrected chi connectivity index (χ0v) is 20.4. The Labute approximate surface area is 218 Å². The van der Waals surface area contributed by atoms with Crippen LogP contribution in [0.2, 0.25) is 5.15 Å². The zero-order valence-electron chi connectivity index (χ0n) is 19.6. The molecule has 7 aromatic rings. The number of rotatable bonds is 3. The van der Waals surface area contributed by atoms with E-state index in [-0.39, 0.29) is 5.15 Å². The number of fused-ring (bicyclic) bond motifs is 3. The fourth-order valence-corrected chi connectivity index (χ4v) is 4.88. The lowest BCUT2D eigenvalue weighted by Crippen LogP contribution is -1.99. The molecule has 0 aliphatic rings. The minimum atomic E-state index is 0.277. The third-order valence-electron chi connectivity index (χ3n) is 6.56. The van der Waals surface area contributed by atoms with Crippen molar-refractivity contribution in [1.82, 2.24) is 19.9 Å². The van der Waals surface area contributed by atoms with Crippen LogP contribution in [-0.2, 0) is 0 Å². The molecule has 5 heteroatoms. The number of nitrogens with zero attached hydrogens (tertiary/aromatic N) is 4. The molecule has 0 aliphatic carbocycles. The number of hydrogen-bond acceptors (Lipinski definition) is 4. The van der Waals surface area contributed by atoms with Crippen LogP contribution < -0.4 is 0 Å². The summed E-state index contributed by atoms with van der Waals surface area (Å²) < 4.78 is 0. The Bertz CT molecular complexity index is 1870. The van der Waals surface area contributed by atoms with Crippen molar-refractivity contribution in [3.63, 3.8) is 0 Å². The molecule has 5 aromatic carbocycles. The molecule has 0 unspecified atom stereocenters. The van der Waals surface area contributed by atoms with Gasteiger partial charge in [-0.1, -0.05) is 96.5 Å². The van der Waals surface area contributed by atoms with E-state index in [9.17, 15) is 0 Å². The molecule has 0 aliphatic heterocycles. The lowest BCUT2D eigenvalue weighted by Gasteiger charge is -2.11. The van der Waals surface area contributed by atoms with Crippen molar-refractivity contribution in [3.8, 4) is 34.0 Å². The number of benzene rings is 5. The van der Waals surface area contributed by atoms with Gasteiger partial charge in [0.2, 0.25) is 0 Å². The first-order valence-electron chi connectivity index (χ1n) is 12.0. The topological polar surface area (TPSA) is 51.6 Å². The fourth-order valence-electron chi connectivity index (χ4n) is 4.67. The highest BCUT2D eigenvalue weighted by atomic mass is 35.5. The summed E-state index contributed by atoms with van der Waals surface area (Å²) in [5, 5.41) is 4.93. The third kappa shape index (κ3) is 3.98. The van der Waals surface area contributed by atoms with Gasteiger partial charge in [0.1, 0.15) is 5.69 Å². The van der Waals surface area contributed by atoms with Gasteiger partial charge in [-0.05, 0) is 51.9 Å². The summed E-state index contributed by atoms with van der Waals surface area (Å²) in [4.78, 5) is 19.2. The molecule has 4 nitrogen and oxygen atoms in total. The van der Waals surface area contributed by atoms with Gasteiger partial charge in [0, 0.05) is 11.1 Å². The Morgan fingerprint density at radius 3 is 1.49 bits per heavy atom. The number of hydrogen-bond donors (Lipinski definition) is 0.